The van der Waals surface area contributed by atoms with Crippen molar-refractivity contribution in [1.29, 1.82) is 0 Å². The fourth-order valence-corrected chi connectivity index (χ4v) is 2.81. The average Bonchev–Trinajstić information content (AvgIpc) is 2.83. The number of rotatable bonds is 11. The van der Waals surface area contributed by atoms with Crippen LogP contribution < -0.4 is 5.32 Å². The number of carbonyl (C=O) groups excluding carboxylic acids is 2. The summed E-state index contributed by atoms with van der Waals surface area (Å²) in [7, 11) is 1.99. The molecule has 33 heavy (non-hydrogen) atoms. The maximum atomic E-state index is 10.8. The third kappa shape index (κ3) is 10.1. The molecule has 1 aromatic heterocycles. The molecule has 0 saturated heterocycles. The normalized spacial score (nSPS) is 11.0. The molecule has 0 fully saturated rings. The van der Waals surface area contributed by atoms with Gasteiger partial charge in [0.2, 0.25) is 0 Å². The van der Waals surface area contributed by atoms with E-state index in [1.165, 1.54) is 11.6 Å². The Bertz CT molecular complexity index is 947. The maximum absolute atomic E-state index is 10.8. The summed E-state index contributed by atoms with van der Waals surface area (Å²) in [6.45, 7) is 13.5. The smallest absolute Gasteiger partial charge is 0.142 e. The molecule has 0 aliphatic rings. The van der Waals surface area contributed by atoms with Crippen molar-refractivity contribution in [3.63, 3.8) is 0 Å². The Morgan fingerprint density at radius 2 is 1.94 bits per heavy atom. The minimum Gasteiger partial charge on any atom is -0.379 e. The molecule has 0 radical (unpaired) electrons. The minimum absolute atomic E-state index is 0.388. The number of hydrogen-bond acceptors (Lipinski definition) is 5. The Balaban J connectivity index is 0.000000981. The lowest BCUT2D eigenvalue weighted by atomic mass is 9.94. The van der Waals surface area contributed by atoms with E-state index in [2.05, 4.69) is 61.9 Å². The number of carbonyl (C=O) groups is 2. The molecule has 5 heteroatoms. The van der Waals surface area contributed by atoms with Gasteiger partial charge in [-0.25, -0.2) is 0 Å². The van der Waals surface area contributed by atoms with Crippen LogP contribution in [0.25, 0.3) is 16.8 Å². The van der Waals surface area contributed by atoms with Gasteiger partial charge in [-0.3, -0.25) is 9.78 Å². The zero-order valence-electron chi connectivity index (χ0n) is 20.5. The highest BCUT2D eigenvalue weighted by Gasteiger charge is 2.09. The fraction of sp³-hybridized carbons (Fsp3) is 0.321. The van der Waals surface area contributed by atoms with Crippen molar-refractivity contribution in [3.8, 4) is 11.1 Å². The zero-order chi connectivity index (χ0) is 24.6. The fourth-order valence-electron chi connectivity index (χ4n) is 2.81. The second kappa shape index (κ2) is 15.4. The molecule has 0 aliphatic heterocycles. The van der Waals surface area contributed by atoms with Crippen molar-refractivity contribution >= 4 is 18.3 Å². The second-order valence-corrected chi connectivity index (χ2v) is 7.95. The molecule has 0 amide bonds. The molecule has 5 nitrogen and oxygen atoms in total. The molecule has 1 aromatic carbocycles. The van der Waals surface area contributed by atoms with Crippen LogP contribution in [0.2, 0.25) is 0 Å². The third-order valence-corrected chi connectivity index (χ3v) is 4.88. The third-order valence-electron chi connectivity index (χ3n) is 4.88. The van der Waals surface area contributed by atoms with E-state index < -0.39 is 0 Å². The summed E-state index contributed by atoms with van der Waals surface area (Å²) in [6, 6.07) is 10.5. The number of allylic oxidation sites excluding steroid dienone is 2. The highest BCUT2D eigenvalue weighted by molar-refractivity contribution is 5.73. The SMILES string of the molecule is C=C(NC(/C=C\C=O)=C/N(C)CC)c1cc(-c2cccnc2)cc(C(C)C)c1.CCCC=O. The van der Waals surface area contributed by atoms with Crippen LogP contribution >= 0.6 is 0 Å². The van der Waals surface area contributed by atoms with Gasteiger partial charge in [0.15, 0.2) is 0 Å². The maximum Gasteiger partial charge on any atom is 0.142 e. The van der Waals surface area contributed by atoms with Crippen LogP contribution in [-0.4, -0.2) is 36.0 Å². The highest BCUT2D eigenvalue weighted by atomic mass is 16.1. The molecule has 1 N–H and O–H groups in total. The van der Waals surface area contributed by atoms with Gasteiger partial charge in [-0.1, -0.05) is 39.5 Å². The number of pyridine rings is 1. The number of unbranched alkanes of at least 4 members (excludes halogenated alkanes) is 1. The lowest BCUT2D eigenvalue weighted by Gasteiger charge is -2.18. The first-order valence-corrected chi connectivity index (χ1v) is 11.3. The Morgan fingerprint density at radius 3 is 2.45 bits per heavy atom. The molecular weight excluding hydrogens is 410 g/mol. The number of nitrogens with one attached hydrogen (secondary N) is 1. The van der Waals surface area contributed by atoms with E-state index >= 15 is 0 Å². The van der Waals surface area contributed by atoms with Gasteiger partial charge in [-0.2, -0.15) is 0 Å². The van der Waals surface area contributed by atoms with Gasteiger partial charge in [0.05, 0.1) is 5.70 Å². The highest BCUT2D eigenvalue weighted by Crippen LogP contribution is 2.28. The molecule has 0 saturated carbocycles. The summed E-state index contributed by atoms with van der Waals surface area (Å²) < 4.78 is 0. The van der Waals surface area contributed by atoms with Gasteiger partial charge >= 0.3 is 0 Å². The van der Waals surface area contributed by atoms with E-state index in [1.54, 1.807) is 12.3 Å². The Labute approximate surface area is 198 Å². The summed E-state index contributed by atoms with van der Waals surface area (Å²) >= 11 is 0. The molecule has 0 unspecified atom stereocenters. The summed E-state index contributed by atoms with van der Waals surface area (Å²) in [6.07, 6.45) is 12.2. The summed E-state index contributed by atoms with van der Waals surface area (Å²) in [5.74, 6) is 0.388. The van der Waals surface area contributed by atoms with Gasteiger partial charge < -0.3 is 15.0 Å². The minimum atomic E-state index is 0.388. The van der Waals surface area contributed by atoms with Gasteiger partial charge in [0.1, 0.15) is 12.6 Å². The Kier molecular flexibility index (Phi) is 12.8. The number of aldehydes is 2. The van der Waals surface area contributed by atoms with E-state index in [1.807, 2.05) is 37.3 Å². The van der Waals surface area contributed by atoms with Crippen LogP contribution in [0.3, 0.4) is 0 Å². The quantitative estimate of drug-likeness (QED) is 0.261. The second-order valence-electron chi connectivity index (χ2n) is 7.95. The van der Waals surface area contributed by atoms with Crippen molar-refractivity contribution in [2.45, 2.75) is 46.5 Å². The van der Waals surface area contributed by atoms with E-state index in [0.717, 1.165) is 53.6 Å². The van der Waals surface area contributed by atoms with Crippen molar-refractivity contribution < 1.29 is 9.59 Å². The van der Waals surface area contributed by atoms with Crippen molar-refractivity contribution in [3.05, 3.63) is 84.5 Å². The van der Waals surface area contributed by atoms with Crippen LogP contribution in [0.15, 0.2) is 73.4 Å². The van der Waals surface area contributed by atoms with Gasteiger partial charge in [0, 0.05) is 49.9 Å². The lowest BCUT2D eigenvalue weighted by molar-refractivity contribution is -0.108. The van der Waals surface area contributed by atoms with E-state index in [9.17, 15) is 9.59 Å². The standard InChI is InChI=1S/C24H29N3O.C4H8O/c1-6-27(5)17-24(10-8-12-28)26-19(4)22-13-21(18(2)3)14-23(15-22)20-9-7-11-25-16-20;1-2-3-4-5/h7-18,26H,4,6H2,1-3,5H3;4H,2-3H2,1H3/b10-8-,24-17+;. The predicted molar refractivity (Wildman–Crippen MR) is 138 cm³/mol. The van der Waals surface area contributed by atoms with Gasteiger partial charge in [-0.05, 0) is 66.3 Å². The van der Waals surface area contributed by atoms with Crippen LogP contribution in [0.4, 0.5) is 0 Å². The van der Waals surface area contributed by atoms with E-state index in [0.29, 0.717) is 12.3 Å². The van der Waals surface area contributed by atoms with E-state index in [4.69, 9.17) is 0 Å². The first-order chi connectivity index (χ1) is 15.9. The molecule has 0 bridgehead atoms. The van der Waals surface area contributed by atoms with Gasteiger partial charge in [-0.15, -0.1) is 0 Å². The number of benzene rings is 1. The number of nitrogens with zero attached hydrogens (tertiary/aromatic N) is 2. The molecular formula is C28H37N3O2. The van der Waals surface area contributed by atoms with Crippen molar-refractivity contribution in [2.75, 3.05) is 13.6 Å². The molecule has 2 aromatic rings. The zero-order valence-corrected chi connectivity index (χ0v) is 20.5. The first-order valence-electron chi connectivity index (χ1n) is 11.3. The Morgan fingerprint density at radius 1 is 1.18 bits per heavy atom. The van der Waals surface area contributed by atoms with Gasteiger partial charge in [0.25, 0.3) is 0 Å². The molecule has 1 heterocycles. The first kappa shape index (κ1) is 27.6. The number of hydrogen-bond donors (Lipinski definition) is 1. The topological polar surface area (TPSA) is 62.3 Å². The largest absolute Gasteiger partial charge is 0.379 e. The van der Waals surface area contributed by atoms with Crippen molar-refractivity contribution in [2.24, 2.45) is 0 Å². The lowest BCUT2D eigenvalue weighted by Crippen LogP contribution is -2.16. The molecule has 0 aliphatic carbocycles. The molecule has 176 valence electrons. The predicted octanol–water partition coefficient (Wildman–Crippen LogP) is 5.97. The monoisotopic (exact) mass is 447 g/mol. The number of aromatic nitrogens is 1. The van der Waals surface area contributed by atoms with Crippen LogP contribution in [0.1, 0.15) is 57.6 Å². The van der Waals surface area contributed by atoms with E-state index in [-0.39, 0.29) is 0 Å². The summed E-state index contributed by atoms with van der Waals surface area (Å²) in [5.41, 5.74) is 6.00. The summed E-state index contributed by atoms with van der Waals surface area (Å²) in [4.78, 5) is 26.4. The van der Waals surface area contributed by atoms with Crippen molar-refractivity contribution in [1.82, 2.24) is 15.2 Å². The average molecular weight is 448 g/mol. The van der Waals surface area contributed by atoms with Crippen LogP contribution in [0.5, 0.6) is 0 Å². The Hall–Kier alpha value is -3.47. The molecule has 0 spiro atoms. The summed E-state index contributed by atoms with van der Waals surface area (Å²) in [5, 5.41) is 3.34. The molecule has 2 rings (SSSR count). The molecule has 0 atom stereocenters. The van der Waals surface area contributed by atoms with Crippen LogP contribution in [0, 0.1) is 0 Å². The van der Waals surface area contributed by atoms with Crippen LogP contribution in [-0.2, 0) is 9.59 Å².